The summed E-state index contributed by atoms with van der Waals surface area (Å²) in [7, 11) is 0. The molecule has 0 heteroatoms. The highest BCUT2D eigenvalue weighted by atomic mass is 13.9. The molecule has 11 heavy (non-hydrogen) atoms. The number of allylic oxidation sites excluding steroid dienone is 6. The molecule has 0 rings (SSSR count). The van der Waals surface area contributed by atoms with Gasteiger partial charge in [0.15, 0.2) is 0 Å². The Hall–Kier alpha value is -1.04. The summed E-state index contributed by atoms with van der Waals surface area (Å²) in [5, 5.41) is 0. The van der Waals surface area contributed by atoms with Crippen molar-refractivity contribution in [3.8, 4) is 0 Å². The fourth-order valence-electron chi connectivity index (χ4n) is 0.694. The van der Waals surface area contributed by atoms with E-state index in [-0.39, 0.29) is 0 Å². The highest BCUT2D eigenvalue weighted by Crippen LogP contribution is 2.02. The van der Waals surface area contributed by atoms with Crippen LogP contribution >= 0.6 is 0 Å². The van der Waals surface area contributed by atoms with Gasteiger partial charge in [0.05, 0.1) is 0 Å². The summed E-state index contributed by atoms with van der Waals surface area (Å²) in [6.07, 6.45) is 9.04. The van der Waals surface area contributed by atoms with Gasteiger partial charge in [-0.2, -0.15) is 0 Å². The van der Waals surface area contributed by atoms with Crippen LogP contribution in [-0.4, -0.2) is 0 Å². The lowest BCUT2D eigenvalue weighted by Gasteiger charge is -1.91. The second kappa shape index (κ2) is 5.72. The van der Waals surface area contributed by atoms with Gasteiger partial charge in [-0.15, -0.1) is 0 Å². The van der Waals surface area contributed by atoms with Crippen molar-refractivity contribution in [1.29, 1.82) is 0 Å². The second-order valence-corrected chi connectivity index (χ2v) is 2.50. The van der Waals surface area contributed by atoms with Crippen LogP contribution in [0.2, 0.25) is 0 Å². The quantitative estimate of drug-likeness (QED) is 0.534. The van der Waals surface area contributed by atoms with Crippen molar-refractivity contribution < 1.29 is 0 Å². The van der Waals surface area contributed by atoms with Crippen LogP contribution < -0.4 is 0 Å². The van der Waals surface area contributed by atoms with E-state index in [9.17, 15) is 0 Å². The lowest BCUT2D eigenvalue weighted by Crippen LogP contribution is -1.70. The molecule has 0 aliphatic rings. The van der Waals surface area contributed by atoms with Crippen LogP contribution in [0.3, 0.4) is 0 Å². The van der Waals surface area contributed by atoms with Crippen LogP contribution in [0.5, 0.6) is 0 Å². The summed E-state index contributed by atoms with van der Waals surface area (Å²) in [6, 6.07) is 0. The summed E-state index contributed by atoms with van der Waals surface area (Å²) in [5.41, 5.74) is 2.23. The summed E-state index contributed by atoms with van der Waals surface area (Å²) < 4.78 is 0. The second-order valence-electron chi connectivity index (χ2n) is 2.50. The first-order chi connectivity index (χ1) is 5.20. The maximum atomic E-state index is 3.77. The van der Waals surface area contributed by atoms with Crippen molar-refractivity contribution in [1.82, 2.24) is 0 Å². The molecule has 0 radical (unpaired) electrons. The fourth-order valence-corrected chi connectivity index (χ4v) is 0.694. The standard InChI is InChI=1S/C11H16/c1-5-7-11(6-2)9-8-10(3)4/h6-9H,2-3,5H2,1,4H3. The van der Waals surface area contributed by atoms with E-state index in [0.29, 0.717) is 0 Å². The van der Waals surface area contributed by atoms with E-state index in [1.165, 1.54) is 0 Å². The molecule has 0 fully saturated rings. The van der Waals surface area contributed by atoms with Crippen LogP contribution in [0.4, 0.5) is 0 Å². The van der Waals surface area contributed by atoms with E-state index in [1.54, 1.807) is 0 Å². The Balaban J connectivity index is 4.19. The highest BCUT2D eigenvalue weighted by Gasteiger charge is 1.81. The van der Waals surface area contributed by atoms with Gasteiger partial charge in [-0.25, -0.2) is 0 Å². The first-order valence-corrected chi connectivity index (χ1v) is 3.87. The Labute approximate surface area is 69.6 Å². The maximum Gasteiger partial charge on any atom is -0.0303 e. The third-order valence-corrected chi connectivity index (χ3v) is 1.24. The summed E-state index contributed by atoms with van der Waals surface area (Å²) >= 11 is 0. The molecule has 0 spiro atoms. The SMILES string of the molecule is C=CC(C=CC(=C)C)=CCC. The molecule has 0 aromatic rings. The van der Waals surface area contributed by atoms with E-state index in [4.69, 9.17) is 0 Å². The van der Waals surface area contributed by atoms with Gasteiger partial charge in [0.2, 0.25) is 0 Å². The van der Waals surface area contributed by atoms with Gasteiger partial charge in [-0.3, -0.25) is 0 Å². The van der Waals surface area contributed by atoms with Crippen LogP contribution in [0, 0.1) is 0 Å². The molecule has 0 nitrogen and oxygen atoms in total. The molecular weight excluding hydrogens is 132 g/mol. The minimum absolute atomic E-state index is 1.04. The normalized spacial score (nSPS) is 12.0. The molecule has 0 N–H and O–H groups in total. The minimum atomic E-state index is 1.04. The van der Waals surface area contributed by atoms with Crippen molar-refractivity contribution in [2.45, 2.75) is 20.3 Å². The van der Waals surface area contributed by atoms with Gasteiger partial charge in [-0.05, 0) is 18.9 Å². The maximum absolute atomic E-state index is 3.77. The van der Waals surface area contributed by atoms with Crippen LogP contribution in [0.1, 0.15) is 20.3 Å². The third-order valence-electron chi connectivity index (χ3n) is 1.24. The molecule has 0 heterocycles. The average Bonchev–Trinajstić information content (AvgIpc) is 1.97. The van der Waals surface area contributed by atoms with Gasteiger partial charge < -0.3 is 0 Å². The Morgan fingerprint density at radius 1 is 1.36 bits per heavy atom. The van der Waals surface area contributed by atoms with Gasteiger partial charge in [0.25, 0.3) is 0 Å². The zero-order valence-corrected chi connectivity index (χ0v) is 7.43. The van der Waals surface area contributed by atoms with Crippen molar-refractivity contribution in [2.24, 2.45) is 0 Å². The number of hydrogen-bond donors (Lipinski definition) is 0. The molecule has 0 atom stereocenters. The summed E-state index contributed by atoms with van der Waals surface area (Å²) in [4.78, 5) is 0. The molecule has 0 aromatic heterocycles. The van der Waals surface area contributed by atoms with Crippen LogP contribution in [-0.2, 0) is 0 Å². The predicted octanol–water partition coefficient (Wildman–Crippen LogP) is 3.64. The molecular formula is C11H16. The number of rotatable bonds is 4. The van der Waals surface area contributed by atoms with Gasteiger partial charge in [-0.1, -0.05) is 50.0 Å². The average molecular weight is 148 g/mol. The number of hydrogen-bond acceptors (Lipinski definition) is 0. The molecule has 0 aromatic carbocycles. The molecule has 0 saturated carbocycles. The van der Waals surface area contributed by atoms with Crippen molar-refractivity contribution in [3.63, 3.8) is 0 Å². The predicted molar refractivity (Wildman–Crippen MR) is 52.5 cm³/mol. The lowest BCUT2D eigenvalue weighted by atomic mass is 10.2. The third kappa shape index (κ3) is 5.41. The van der Waals surface area contributed by atoms with Gasteiger partial charge in [0, 0.05) is 0 Å². The molecule has 0 amide bonds. The zero-order chi connectivity index (χ0) is 8.69. The van der Waals surface area contributed by atoms with Gasteiger partial charge in [0.1, 0.15) is 0 Å². The highest BCUT2D eigenvalue weighted by molar-refractivity contribution is 5.32. The first kappa shape index (κ1) is 9.96. The van der Waals surface area contributed by atoms with Crippen LogP contribution in [0.25, 0.3) is 0 Å². The Kier molecular flexibility index (Phi) is 5.18. The molecule has 0 bridgehead atoms. The Morgan fingerprint density at radius 3 is 2.36 bits per heavy atom. The molecule has 0 unspecified atom stereocenters. The van der Waals surface area contributed by atoms with Crippen molar-refractivity contribution >= 4 is 0 Å². The van der Waals surface area contributed by atoms with E-state index in [1.807, 2.05) is 25.2 Å². The Morgan fingerprint density at radius 2 is 2.00 bits per heavy atom. The fraction of sp³-hybridized carbons (Fsp3) is 0.273. The van der Waals surface area contributed by atoms with Crippen molar-refractivity contribution in [2.75, 3.05) is 0 Å². The molecule has 60 valence electrons. The van der Waals surface area contributed by atoms with Crippen molar-refractivity contribution in [3.05, 3.63) is 48.6 Å². The molecule has 0 aliphatic carbocycles. The lowest BCUT2D eigenvalue weighted by molar-refractivity contribution is 1.21. The smallest absolute Gasteiger partial charge is 0.0303 e. The summed E-state index contributed by atoms with van der Waals surface area (Å²) in [5.74, 6) is 0. The van der Waals surface area contributed by atoms with Gasteiger partial charge >= 0.3 is 0 Å². The Bertz CT molecular complexity index is 192. The summed E-state index contributed by atoms with van der Waals surface area (Å²) in [6.45, 7) is 11.6. The largest absolute Gasteiger partial charge is 0.0985 e. The first-order valence-electron chi connectivity index (χ1n) is 3.87. The van der Waals surface area contributed by atoms with E-state index >= 15 is 0 Å². The molecule has 0 saturated heterocycles. The molecule has 0 aliphatic heterocycles. The van der Waals surface area contributed by atoms with Crippen LogP contribution in [0.15, 0.2) is 48.6 Å². The zero-order valence-electron chi connectivity index (χ0n) is 7.43. The van der Waals surface area contributed by atoms with E-state index < -0.39 is 0 Å². The monoisotopic (exact) mass is 148 g/mol. The minimum Gasteiger partial charge on any atom is -0.0985 e. The topological polar surface area (TPSA) is 0 Å². The van der Waals surface area contributed by atoms with E-state index in [0.717, 1.165) is 17.6 Å². The van der Waals surface area contributed by atoms with E-state index in [2.05, 4.69) is 26.2 Å².